The molecule has 1 amide bonds. The Kier molecular flexibility index (Phi) is 5.76. The van der Waals surface area contributed by atoms with E-state index in [1.54, 1.807) is 6.92 Å². The van der Waals surface area contributed by atoms with Gasteiger partial charge in [0.1, 0.15) is 5.82 Å². The van der Waals surface area contributed by atoms with Crippen molar-refractivity contribution < 1.29 is 9.21 Å². The van der Waals surface area contributed by atoms with Crippen LogP contribution in [-0.4, -0.2) is 64.0 Å². The number of carbonyl (C=O) groups excluding carboxylic acids is 1. The van der Waals surface area contributed by atoms with Crippen molar-refractivity contribution in [1.29, 1.82) is 0 Å². The third-order valence-electron chi connectivity index (χ3n) is 4.92. The Hall–Kier alpha value is -2.15. The molecule has 0 spiro atoms. The molecule has 0 N–H and O–H groups in total. The fraction of sp³-hybridized carbons (Fsp3) is 0.632. The molecule has 3 heterocycles. The van der Waals surface area contributed by atoms with Gasteiger partial charge in [-0.3, -0.25) is 4.79 Å². The van der Waals surface area contributed by atoms with Gasteiger partial charge in [-0.05, 0) is 46.8 Å². The minimum absolute atomic E-state index is 0.0569. The first kappa shape index (κ1) is 18.6. The zero-order valence-electron chi connectivity index (χ0n) is 16.2. The number of hydrogen-bond donors (Lipinski definition) is 0. The van der Waals surface area contributed by atoms with Crippen molar-refractivity contribution in [3.8, 4) is 0 Å². The van der Waals surface area contributed by atoms with Crippen molar-refractivity contribution in [2.45, 2.75) is 45.6 Å². The summed E-state index contributed by atoms with van der Waals surface area (Å²) in [7, 11) is 4.18. The second-order valence-corrected chi connectivity index (χ2v) is 7.37. The fourth-order valence-corrected chi connectivity index (χ4v) is 3.67. The van der Waals surface area contributed by atoms with Gasteiger partial charge < -0.3 is 18.8 Å². The second-order valence-electron chi connectivity index (χ2n) is 7.37. The maximum Gasteiger partial charge on any atom is 0.291 e. The number of piperidine rings is 1. The van der Waals surface area contributed by atoms with E-state index in [4.69, 9.17) is 4.42 Å². The van der Waals surface area contributed by atoms with Gasteiger partial charge in [0.25, 0.3) is 5.91 Å². The molecule has 1 aliphatic heterocycles. The zero-order valence-corrected chi connectivity index (χ0v) is 16.2. The van der Waals surface area contributed by atoms with Gasteiger partial charge in [-0.1, -0.05) is 0 Å². The molecule has 2 aromatic heterocycles. The number of rotatable bonds is 6. The summed E-state index contributed by atoms with van der Waals surface area (Å²) in [4.78, 5) is 25.7. The molecule has 7 nitrogen and oxygen atoms in total. The predicted molar refractivity (Wildman–Crippen MR) is 99.3 cm³/mol. The number of aromatic nitrogens is 3. The molecule has 0 aromatic carbocycles. The lowest BCUT2D eigenvalue weighted by atomic mass is 9.96. The van der Waals surface area contributed by atoms with Crippen molar-refractivity contribution in [3.63, 3.8) is 0 Å². The quantitative estimate of drug-likeness (QED) is 0.792. The molecule has 0 bridgehead atoms. The molecule has 1 unspecified atom stereocenters. The van der Waals surface area contributed by atoms with Gasteiger partial charge in [-0.2, -0.15) is 0 Å². The van der Waals surface area contributed by atoms with E-state index in [0.29, 0.717) is 23.9 Å². The topological polar surface area (TPSA) is 67.4 Å². The number of imidazole rings is 1. The van der Waals surface area contributed by atoms with Crippen LogP contribution in [0.4, 0.5) is 0 Å². The number of hydrogen-bond acceptors (Lipinski definition) is 5. The van der Waals surface area contributed by atoms with Crippen LogP contribution >= 0.6 is 0 Å². The van der Waals surface area contributed by atoms with Gasteiger partial charge in [0.15, 0.2) is 5.89 Å². The van der Waals surface area contributed by atoms with Crippen molar-refractivity contribution in [2.75, 3.05) is 33.7 Å². The maximum absolute atomic E-state index is 12.8. The average molecular weight is 359 g/mol. The van der Waals surface area contributed by atoms with Crippen LogP contribution in [0.2, 0.25) is 0 Å². The number of aryl methyl sites for hydroxylation is 3. The van der Waals surface area contributed by atoms with Crippen molar-refractivity contribution in [2.24, 2.45) is 0 Å². The standard InChI is InChI=1S/C19H29N5O2/c1-14-17(26-15(2)21-14)19(25)24-10-5-7-16(13-24)18-20-8-12-23(18)11-6-9-22(3)4/h8,12,16H,5-7,9-11,13H2,1-4H3. The van der Waals surface area contributed by atoms with E-state index in [1.807, 2.05) is 18.0 Å². The SMILES string of the molecule is Cc1nc(C)c(C(=O)N2CCCC(c3nccn3CCCN(C)C)C2)o1. The van der Waals surface area contributed by atoms with Crippen LogP contribution in [0.15, 0.2) is 16.8 Å². The lowest BCUT2D eigenvalue weighted by molar-refractivity contribution is 0.0668. The summed E-state index contributed by atoms with van der Waals surface area (Å²) in [5.41, 5.74) is 0.666. The zero-order chi connectivity index (χ0) is 18.7. The molecule has 0 radical (unpaired) electrons. The van der Waals surface area contributed by atoms with Gasteiger partial charge in [-0.25, -0.2) is 9.97 Å². The van der Waals surface area contributed by atoms with Crippen LogP contribution in [0.5, 0.6) is 0 Å². The highest BCUT2D eigenvalue weighted by molar-refractivity contribution is 5.92. The van der Waals surface area contributed by atoms with Crippen LogP contribution < -0.4 is 0 Å². The van der Waals surface area contributed by atoms with Crippen LogP contribution in [-0.2, 0) is 6.54 Å². The Morgan fingerprint density at radius 2 is 2.19 bits per heavy atom. The molecule has 0 saturated carbocycles. The highest BCUT2D eigenvalue weighted by atomic mass is 16.4. The number of carbonyl (C=O) groups is 1. The van der Waals surface area contributed by atoms with Crippen LogP contribution in [0.25, 0.3) is 0 Å². The Morgan fingerprint density at radius 1 is 1.38 bits per heavy atom. The molecule has 7 heteroatoms. The predicted octanol–water partition coefficient (Wildman–Crippen LogP) is 2.46. The Bertz CT molecular complexity index is 749. The first-order chi connectivity index (χ1) is 12.5. The maximum atomic E-state index is 12.8. The summed E-state index contributed by atoms with van der Waals surface area (Å²) >= 11 is 0. The molecule has 142 valence electrons. The van der Waals surface area contributed by atoms with Crippen molar-refractivity contribution in [3.05, 3.63) is 35.6 Å². The summed E-state index contributed by atoms with van der Waals surface area (Å²) in [6.07, 6.45) is 7.05. The van der Waals surface area contributed by atoms with Gasteiger partial charge in [0.05, 0.1) is 5.69 Å². The summed E-state index contributed by atoms with van der Waals surface area (Å²) in [6.45, 7) is 7.05. The van der Waals surface area contributed by atoms with Gasteiger partial charge >= 0.3 is 0 Å². The first-order valence-electron chi connectivity index (χ1n) is 9.34. The summed E-state index contributed by atoms with van der Waals surface area (Å²) in [5.74, 6) is 2.21. The molecule has 1 fully saturated rings. The van der Waals surface area contributed by atoms with Crippen molar-refractivity contribution in [1.82, 2.24) is 24.3 Å². The van der Waals surface area contributed by atoms with Gasteiger partial charge in [0, 0.05) is 44.9 Å². The Labute approximate surface area is 155 Å². The van der Waals surface area contributed by atoms with Crippen molar-refractivity contribution >= 4 is 5.91 Å². The summed E-state index contributed by atoms with van der Waals surface area (Å²) < 4.78 is 7.77. The second kappa shape index (κ2) is 8.03. The molecule has 0 aliphatic carbocycles. The lowest BCUT2D eigenvalue weighted by Gasteiger charge is -2.32. The van der Waals surface area contributed by atoms with E-state index >= 15 is 0 Å². The third kappa shape index (κ3) is 4.15. The van der Waals surface area contributed by atoms with E-state index in [1.165, 1.54) is 0 Å². The Morgan fingerprint density at radius 3 is 2.88 bits per heavy atom. The summed E-state index contributed by atoms with van der Waals surface area (Å²) in [6, 6.07) is 0. The highest BCUT2D eigenvalue weighted by Gasteiger charge is 2.30. The smallest absolute Gasteiger partial charge is 0.291 e. The van der Waals surface area contributed by atoms with Crippen LogP contribution in [0, 0.1) is 13.8 Å². The number of amides is 1. The molecule has 3 rings (SSSR count). The third-order valence-corrected chi connectivity index (χ3v) is 4.92. The number of oxazole rings is 1. The first-order valence-corrected chi connectivity index (χ1v) is 9.34. The summed E-state index contributed by atoms with van der Waals surface area (Å²) in [5, 5.41) is 0. The molecule has 2 aromatic rings. The minimum atomic E-state index is -0.0569. The molecule has 1 atom stereocenters. The van der Waals surface area contributed by atoms with Crippen LogP contribution in [0.1, 0.15) is 53.1 Å². The van der Waals surface area contributed by atoms with Gasteiger partial charge in [-0.15, -0.1) is 0 Å². The molecule has 26 heavy (non-hydrogen) atoms. The van der Waals surface area contributed by atoms with E-state index in [9.17, 15) is 4.79 Å². The monoisotopic (exact) mass is 359 g/mol. The van der Waals surface area contributed by atoms with Gasteiger partial charge in [0.2, 0.25) is 5.76 Å². The van der Waals surface area contributed by atoms with E-state index in [0.717, 1.165) is 44.7 Å². The minimum Gasteiger partial charge on any atom is -0.436 e. The van der Waals surface area contributed by atoms with E-state index in [-0.39, 0.29) is 11.8 Å². The van der Waals surface area contributed by atoms with E-state index < -0.39 is 0 Å². The number of nitrogens with zero attached hydrogens (tertiary/aromatic N) is 5. The average Bonchev–Trinajstić information content (AvgIpc) is 3.20. The lowest BCUT2D eigenvalue weighted by Crippen LogP contribution is -2.40. The Balaban J connectivity index is 1.68. The molecule has 1 saturated heterocycles. The molecular formula is C19H29N5O2. The van der Waals surface area contributed by atoms with Crippen LogP contribution in [0.3, 0.4) is 0 Å². The normalized spacial score (nSPS) is 17.9. The highest BCUT2D eigenvalue weighted by Crippen LogP contribution is 2.27. The molecule has 1 aliphatic rings. The fourth-order valence-electron chi connectivity index (χ4n) is 3.67. The van der Waals surface area contributed by atoms with E-state index in [2.05, 4.69) is 39.7 Å². The molecular weight excluding hydrogens is 330 g/mol. The number of likely N-dealkylation sites (tertiary alicyclic amines) is 1. The largest absolute Gasteiger partial charge is 0.436 e.